The first-order valence-electron chi connectivity index (χ1n) is 6.97. The molecule has 0 radical (unpaired) electrons. The number of nitriles is 1. The molecule has 0 fully saturated rings. The Morgan fingerprint density at radius 2 is 1.64 bits per heavy atom. The molecule has 0 aliphatic rings. The van der Waals surface area contributed by atoms with Crippen LogP contribution in [0.3, 0.4) is 0 Å². The lowest BCUT2D eigenvalue weighted by atomic mass is 10.6. The molecule has 0 unspecified atom stereocenters. The van der Waals surface area contributed by atoms with Crippen molar-refractivity contribution in [1.29, 1.82) is 5.26 Å². The highest BCUT2D eigenvalue weighted by Crippen LogP contribution is 1.87. The fourth-order valence-electron chi connectivity index (χ4n) is 1.53. The van der Waals surface area contributed by atoms with Crippen LogP contribution in [-0.4, -0.2) is 58.4 Å². The fraction of sp³-hybridized carbons (Fsp3) is 0.714. The highest BCUT2D eigenvalue weighted by molar-refractivity contribution is 7.64. The third-order valence-corrected chi connectivity index (χ3v) is 2.60. The van der Waals surface area contributed by atoms with Crippen molar-refractivity contribution >= 4 is 12.6 Å². The predicted molar refractivity (Wildman–Crippen MR) is 83.0 cm³/mol. The van der Waals surface area contributed by atoms with Crippen LogP contribution >= 0.6 is 0 Å². The van der Waals surface area contributed by atoms with E-state index < -0.39 is 0 Å². The minimum atomic E-state index is 0.643. The van der Waals surface area contributed by atoms with Crippen LogP contribution in [0.25, 0.3) is 0 Å². The van der Waals surface area contributed by atoms with Gasteiger partial charge >= 0.3 is 0 Å². The summed E-state index contributed by atoms with van der Waals surface area (Å²) >= 11 is 3.70. The Morgan fingerprint density at radius 3 is 2.23 bits per heavy atom. The lowest BCUT2D eigenvalue weighted by Gasteiger charge is -2.01. The highest BCUT2D eigenvalue weighted by Gasteiger charge is 2.03. The van der Waals surface area contributed by atoms with Gasteiger partial charge in [-0.05, 0) is 0 Å². The van der Waals surface area contributed by atoms with E-state index in [4.69, 9.17) is 24.2 Å². The quantitative estimate of drug-likeness (QED) is 0.234. The Hall–Kier alpha value is -1.24. The molecule has 0 amide bonds. The van der Waals surface area contributed by atoms with Crippen molar-refractivity contribution < 1.29 is 23.5 Å². The maximum Gasteiger partial charge on any atom is 0.243 e. The van der Waals surface area contributed by atoms with Gasteiger partial charge in [-0.25, -0.2) is 14.4 Å². The molecule has 1 aromatic rings. The summed E-state index contributed by atoms with van der Waals surface area (Å²) in [5, 5.41) is 8.47. The molecular formula is C14H25N3O4S. The van der Waals surface area contributed by atoms with E-state index in [0.29, 0.717) is 39.6 Å². The van der Waals surface area contributed by atoms with Gasteiger partial charge in [0.15, 0.2) is 0 Å². The lowest BCUT2D eigenvalue weighted by Crippen LogP contribution is -2.34. The summed E-state index contributed by atoms with van der Waals surface area (Å²) in [6.07, 6.45) is 6.13. The average molecular weight is 331 g/mol. The third-order valence-electron chi connectivity index (χ3n) is 2.60. The van der Waals surface area contributed by atoms with Crippen LogP contribution in [0.4, 0.5) is 0 Å². The van der Waals surface area contributed by atoms with Crippen LogP contribution in [0.15, 0.2) is 18.7 Å². The standard InChI is InChI=1S/C13H25N2O4.CHNS/c1-16-9-11-18-7-5-14-3-4-15(13-14)6-8-19-12-10-17-2;2-1-3/h3-4,13H,5-12H2,1-2H3;3H/q+1;/p-1. The molecule has 0 aromatic carbocycles. The Kier molecular flexibility index (Phi) is 15.2. The van der Waals surface area contributed by atoms with E-state index in [2.05, 4.69) is 28.1 Å². The van der Waals surface area contributed by atoms with Crippen LogP contribution in [-0.2, 0) is 44.7 Å². The number of methoxy groups -OCH3 is 2. The summed E-state index contributed by atoms with van der Waals surface area (Å²) in [6, 6.07) is 0. The molecule has 1 heterocycles. The van der Waals surface area contributed by atoms with Gasteiger partial charge in [-0.1, -0.05) is 5.40 Å². The van der Waals surface area contributed by atoms with E-state index in [0.717, 1.165) is 13.1 Å². The molecule has 0 atom stereocenters. The molecule has 0 aliphatic carbocycles. The predicted octanol–water partition coefficient (Wildman–Crippen LogP) is 0.116. The Balaban J connectivity index is 0.00000135. The first kappa shape index (κ1) is 20.8. The summed E-state index contributed by atoms with van der Waals surface area (Å²) in [5.41, 5.74) is 0. The molecule has 8 heteroatoms. The molecule has 0 spiro atoms. The number of aromatic nitrogens is 2. The monoisotopic (exact) mass is 331 g/mol. The minimum absolute atomic E-state index is 0.643. The average Bonchev–Trinajstić information content (AvgIpc) is 2.95. The van der Waals surface area contributed by atoms with Crippen LogP contribution in [0.1, 0.15) is 0 Å². The molecular weight excluding hydrogens is 306 g/mol. The van der Waals surface area contributed by atoms with Gasteiger partial charge in [-0.2, -0.15) is 0 Å². The van der Waals surface area contributed by atoms with Crippen LogP contribution in [0, 0.1) is 10.7 Å². The molecule has 126 valence electrons. The number of hydrogen-bond acceptors (Lipinski definition) is 6. The second kappa shape index (κ2) is 16.1. The molecule has 22 heavy (non-hydrogen) atoms. The first-order valence-corrected chi connectivity index (χ1v) is 7.38. The summed E-state index contributed by atoms with van der Waals surface area (Å²) < 4.78 is 24.9. The van der Waals surface area contributed by atoms with Crippen molar-refractivity contribution in [3.63, 3.8) is 0 Å². The minimum Gasteiger partial charge on any atom is -0.696 e. The van der Waals surface area contributed by atoms with Crippen molar-refractivity contribution in [1.82, 2.24) is 4.57 Å². The normalized spacial score (nSPS) is 9.86. The largest absolute Gasteiger partial charge is 0.696 e. The maximum absolute atomic E-state index is 7.13. The van der Waals surface area contributed by atoms with E-state index >= 15 is 0 Å². The van der Waals surface area contributed by atoms with Crippen molar-refractivity contribution in [2.75, 3.05) is 53.9 Å². The number of thiocyanates is 1. The Labute approximate surface area is 137 Å². The van der Waals surface area contributed by atoms with Gasteiger partial charge in [0.2, 0.25) is 6.33 Å². The maximum atomic E-state index is 7.13. The summed E-state index contributed by atoms with van der Waals surface area (Å²) in [4.78, 5) is 0. The van der Waals surface area contributed by atoms with Crippen LogP contribution in [0.5, 0.6) is 0 Å². The molecule has 0 N–H and O–H groups in total. The van der Waals surface area contributed by atoms with E-state index in [9.17, 15) is 0 Å². The van der Waals surface area contributed by atoms with Crippen molar-refractivity contribution in [3.05, 3.63) is 18.7 Å². The van der Waals surface area contributed by atoms with E-state index in [1.54, 1.807) is 14.2 Å². The van der Waals surface area contributed by atoms with Crippen molar-refractivity contribution in [3.8, 4) is 5.40 Å². The zero-order chi connectivity index (χ0) is 16.5. The van der Waals surface area contributed by atoms with Gasteiger partial charge in [0.05, 0.1) is 39.6 Å². The van der Waals surface area contributed by atoms with E-state index in [1.165, 1.54) is 5.40 Å². The van der Waals surface area contributed by atoms with Crippen molar-refractivity contribution in [2.45, 2.75) is 13.1 Å². The molecule has 7 nitrogen and oxygen atoms in total. The smallest absolute Gasteiger partial charge is 0.243 e. The summed E-state index contributed by atoms with van der Waals surface area (Å²) in [6.45, 7) is 5.67. The molecule has 0 saturated heterocycles. The fourth-order valence-corrected chi connectivity index (χ4v) is 1.53. The molecule has 0 aliphatic heterocycles. The number of hydrogen-bond donors (Lipinski definition) is 0. The second-order valence-corrected chi connectivity index (χ2v) is 4.37. The Morgan fingerprint density at radius 1 is 1.05 bits per heavy atom. The number of nitrogens with zero attached hydrogens (tertiary/aromatic N) is 3. The van der Waals surface area contributed by atoms with Crippen LogP contribution < -0.4 is 4.57 Å². The topological polar surface area (TPSA) is 69.5 Å². The third kappa shape index (κ3) is 12.5. The number of rotatable bonds is 12. The molecule has 0 bridgehead atoms. The Bertz CT molecular complexity index is 367. The number of ether oxygens (including phenoxy) is 4. The number of imidazole rings is 1. The second-order valence-electron chi connectivity index (χ2n) is 4.19. The van der Waals surface area contributed by atoms with Gasteiger partial charge in [-0.15, -0.1) is 0 Å². The lowest BCUT2D eigenvalue weighted by molar-refractivity contribution is -0.698. The molecule has 1 rings (SSSR count). The SMILES string of the molecule is COCCOCCn1cc[n+](CCOCCOC)c1.N#C[S-]. The summed E-state index contributed by atoms with van der Waals surface area (Å²) in [5.74, 6) is 0. The van der Waals surface area contributed by atoms with Gasteiger partial charge in [0, 0.05) is 14.2 Å². The first-order chi connectivity index (χ1) is 10.8. The van der Waals surface area contributed by atoms with E-state index in [-0.39, 0.29) is 0 Å². The summed E-state index contributed by atoms with van der Waals surface area (Å²) in [7, 11) is 3.35. The van der Waals surface area contributed by atoms with Crippen molar-refractivity contribution in [2.24, 2.45) is 0 Å². The molecule has 1 aromatic heterocycles. The van der Waals surface area contributed by atoms with Gasteiger partial charge < -0.3 is 31.6 Å². The highest BCUT2D eigenvalue weighted by atomic mass is 32.1. The van der Waals surface area contributed by atoms with Crippen LogP contribution in [0.2, 0.25) is 0 Å². The van der Waals surface area contributed by atoms with Gasteiger partial charge in [0.1, 0.15) is 25.5 Å². The van der Waals surface area contributed by atoms with Gasteiger partial charge in [0.25, 0.3) is 0 Å². The van der Waals surface area contributed by atoms with Gasteiger partial charge in [-0.3, -0.25) is 0 Å². The zero-order valence-electron chi connectivity index (χ0n) is 13.3. The van der Waals surface area contributed by atoms with E-state index in [1.807, 2.05) is 12.4 Å². The zero-order valence-corrected chi connectivity index (χ0v) is 14.1. The molecule has 0 saturated carbocycles.